The van der Waals surface area contributed by atoms with E-state index >= 15 is 0 Å². The Morgan fingerprint density at radius 1 is 0.288 bits per heavy atom. The number of hydrogen-bond acceptors (Lipinski definition) is 1. The van der Waals surface area contributed by atoms with E-state index in [1.165, 1.54) is 87.2 Å². The molecule has 0 atom stereocenters. The molecule has 2 nitrogen and oxygen atoms in total. The van der Waals surface area contributed by atoms with Gasteiger partial charge in [-0.25, -0.2) is 4.98 Å². The third-order valence-corrected chi connectivity index (χ3v) is 12.1. The first-order valence-electron chi connectivity index (χ1n) is 20.3. The van der Waals surface area contributed by atoms with E-state index in [2.05, 4.69) is 223 Å². The minimum atomic E-state index is 0.930. The molecule has 59 heavy (non-hydrogen) atoms. The van der Waals surface area contributed by atoms with Gasteiger partial charge in [-0.15, -0.1) is 0 Å². The lowest BCUT2D eigenvalue weighted by Gasteiger charge is -2.19. The lowest BCUT2D eigenvalue weighted by molar-refractivity contribution is 1.19. The zero-order valence-electron chi connectivity index (χ0n) is 32.2. The molecular formula is C57H36N2. The second-order valence-electron chi connectivity index (χ2n) is 15.6. The average Bonchev–Trinajstić information content (AvgIpc) is 3.70. The molecule has 2 heterocycles. The molecule has 2 aromatic heterocycles. The van der Waals surface area contributed by atoms with Crippen LogP contribution in [-0.4, -0.2) is 9.38 Å². The summed E-state index contributed by atoms with van der Waals surface area (Å²) in [4.78, 5) is 5.18. The summed E-state index contributed by atoms with van der Waals surface area (Å²) in [6.45, 7) is 0. The van der Waals surface area contributed by atoms with Crippen molar-refractivity contribution in [2.75, 3.05) is 0 Å². The Bertz CT molecular complexity index is 3610. The van der Waals surface area contributed by atoms with Crippen molar-refractivity contribution >= 4 is 59.5 Å². The van der Waals surface area contributed by atoms with Crippen LogP contribution in [-0.2, 0) is 0 Å². The number of aromatic nitrogens is 2. The molecule has 0 fully saturated rings. The van der Waals surface area contributed by atoms with Crippen molar-refractivity contribution in [3.05, 3.63) is 219 Å². The van der Waals surface area contributed by atoms with Crippen LogP contribution in [0.15, 0.2) is 219 Å². The Balaban J connectivity index is 1.05. The quantitative estimate of drug-likeness (QED) is 0.160. The molecule has 274 valence electrons. The van der Waals surface area contributed by atoms with Crippen LogP contribution in [0.5, 0.6) is 0 Å². The fourth-order valence-electron chi connectivity index (χ4n) is 9.30. The van der Waals surface area contributed by atoms with Crippen LogP contribution in [0.25, 0.3) is 115 Å². The van der Waals surface area contributed by atoms with Crippen molar-refractivity contribution in [2.45, 2.75) is 0 Å². The second kappa shape index (κ2) is 13.4. The van der Waals surface area contributed by atoms with Crippen LogP contribution in [0.1, 0.15) is 0 Å². The summed E-state index contributed by atoms with van der Waals surface area (Å²) in [7, 11) is 0. The monoisotopic (exact) mass is 748 g/mol. The summed E-state index contributed by atoms with van der Waals surface area (Å²) in [6, 6.07) is 77.6. The molecular weight excluding hydrogens is 713 g/mol. The van der Waals surface area contributed by atoms with Gasteiger partial charge >= 0.3 is 0 Å². The van der Waals surface area contributed by atoms with E-state index in [-0.39, 0.29) is 0 Å². The van der Waals surface area contributed by atoms with E-state index in [1.807, 2.05) is 0 Å². The fraction of sp³-hybridized carbons (Fsp3) is 0. The Labute approximate surface area is 341 Å². The Morgan fingerprint density at radius 3 is 1.34 bits per heavy atom. The standard InChI is InChI=1S/C57H36N2/c1-4-14-42-33-46(27-22-37(42)11-1)54-49-17-7-8-18-50(49)55(47-28-23-38-12-2-5-15-43(38)34-47)52-36-45(30-31-51(52)54)40-20-25-41(26-21-40)57-56(58-53-19-9-10-32-59(53)57)48-29-24-39-13-3-6-16-44(39)35-48/h1-36H. The molecule has 0 unspecified atom stereocenters. The predicted molar refractivity (Wildman–Crippen MR) is 250 cm³/mol. The molecule has 0 spiro atoms. The summed E-state index contributed by atoms with van der Waals surface area (Å²) >= 11 is 0. The average molecular weight is 749 g/mol. The van der Waals surface area contributed by atoms with Gasteiger partial charge in [0.15, 0.2) is 0 Å². The highest BCUT2D eigenvalue weighted by Crippen LogP contribution is 2.46. The second-order valence-corrected chi connectivity index (χ2v) is 15.6. The molecule has 12 aromatic rings. The van der Waals surface area contributed by atoms with E-state index in [0.29, 0.717) is 0 Å². The smallest absolute Gasteiger partial charge is 0.137 e. The topological polar surface area (TPSA) is 17.3 Å². The van der Waals surface area contributed by atoms with Gasteiger partial charge in [-0.05, 0) is 124 Å². The van der Waals surface area contributed by atoms with Gasteiger partial charge in [0.2, 0.25) is 0 Å². The summed E-state index contributed by atoms with van der Waals surface area (Å²) < 4.78 is 2.21. The third kappa shape index (κ3) is 5.53. The highest BCUT2D eigenvalue weighted by molar-refractivity contribution is 6.22. The Hall–Kier alpha value is -7.81. The van der Waals surface area contributed by atoms with E-state index < -0.39 is 0 Å². The van der Waals surface area contributed by atoms with Gasteiger partial charge in [0.25, 0.3) is 0 Å². The van der Waals surface area contributed by atoms with Crippen LogP contribution in [0, 0.1) is 0 Å². The summed E-state index contributed by atoms with van der Waals surface area (Å²) in [6.07, 6.45) is 2.12. The molecule has 0 aliphatic carbocycles. The van der Waals surface area contributed by atoms with E-state index in [4.69, 9.17) is 4.98 Å². The fourth-order valence-corrected chi connectivity index (χ4v) is 9.30. The molecule has 10 aromatic carbocycles. The lowest BCUT2D eigenvalue weighted by Crippen LogP contribution is -1.92. The minimum absolute atomic E-state index is 0.930. The molecule has 0 bridgehead atoms. The molecule has 12 rings (SSSR count). The lowest BCUT2D eigenvalue weighted by atomic mass is 9.84. The molecule has 0 radical (unpaired) electrons. The molecule has 0 amide bonds. The molecule has 0 aliphatic heterocycles. The van der Waals surface area contributed by atoms with Crippen LogP contribution in [0.3, 0.4) is 0 Å². The van der Waals surface area contributed by atoms with Gasteiger partial charge in [-0.3, -0.25) is 4.40 Å². The van der Waals surface area contributed by atoms with Crippen LogP contribution < -0.4 is 0 Å². The molecule has 0 aliphatic rings. The number of hydrogen-bond donors (Lipinski definition) is 0. The van der Waals surface area contributed by atoms with E-state index in [0.717, 1.165) is 28.2 Å². The number of benzene rings is 10. The predicted octanol–water partition coefficient (Wildman–Crippen LogP) is 15.4. The van der Waals surface area contributed by atoms with Crippen molar-refractivity contribution in [1.82, 2.24) is 9.38 Å². The number of rotatable bonds is 5. The SMILES string of the molecule is c1ccc2cc(-c3nc4ccccn4c3-c3ccc(-c4ccc5c(-c6ccc7ccccc7c6)c6ccccc6c(-c6ccc7ccccc7c6)c5c4)cc3)ccc2c1. The summed E-state index contributed by atoms with van der Waals surface area (Å²) in [5, 5.41) is 12.4. The first kappa shape index (κ1) is 33.3. The maximum Gasteiger partial charge on any atom is 0.137 e. The van der Waals surface area contributed by atoms with Crippen LogP contribution in [0.4, 0.5) is 0 Å². The van der Waals surface area contributed by atoms with Gasteiger partial charge in [-0.1, -0.05) is 176 Å². The van der Waals surface area contributed by atoms with Gasteiger partial charge in [0, 0.05) is 17.3 Å². The highest BCUT2D eigenvalue weighted by Gasteiger charge is 2.20. The molecule has 0 N–H and O–H groups in total. The number of imidazole rings is 1. The first-order valence-corrected chi connectivity index (χ1v) is 20.3. The Morgan fingerprint density at radius 2 is 0.729 bits per heavy atom. The van der Waals surface area contributed by atoms with Gasteiger partial charge in [-0.2, -0.15) is 0 Å². The van der Waals surface area contributed by atoms with Crippen molar-refractivity contribution in [3.63, 3.8) is 0 Å². The first-order chi connectivity index (χ1) is 29.2. The third-order valence-electron chi connectivity index (χ3n) is 12.1. The zero-order chi connectivity index (χ0) is 38.9. The van der Waals surface area contributed by atoms with Crippen LogP contribution in [0.2, 0.25) is 0 Å². The van der Waals surface area contributed by atoms with Crippen LogP contribution >= 0.6 is 0 Å². The van der Waals surface area contributed by atoms with Crippen molar-refractivity contribution in [2.24, 2.45) is 0 Å². The molecule has 0 saturated carbocycles. The number of pyridine rings is 1. The minimum Gasteiger partial charge on any atom is -0.299 e. The Kier molecular flexibility index (Phi) is 7.57. The summed E-state index contributed by atoms with van der Waals surface area (Å²) in [5.74, 6) is 0. The maximum atomic E-state index is 5.18. The van der Waals surface area contributed by atoms with E-state index in [1.54, 1.807) is 0 Å². The van der Waals surface area contributed by atoms with E-state index in [9.17, 15) is 0 Å². The van der Waals surface area contributed by atoms with Gasteiger partial charge < -0.3 is 0 Å². The maximum absolute atomic E-state index is 5.18. The van der Waals surface area contributed by atoms with Gasteiger partial charge in [0.1, 0.15) is 5.65 Å². The van der Waals surface area contributed by atoms with Gasteiger partial charge in [0.05, 0.1) is 11.4 Å². The molecule has 0 saturated heterocycles. The van der Waals surface area contributed by atoms with Crippen molar-refractivity contribution < 1.29 is 0 Å². The normalized spacial score (nSPS) is 11.7. The largest absolute Gasteiger partial charge is 0.299 e. The zero-order valence-corrected chi connectivity index (χ0v) is 32.2. The van der Waals surface area contributed by atoms with Crippen molar-refractivity contribution in [1.29, 1.82) is 0 Å². The summed E-state index contributed by atoms with van der Waals surface area (Å²) in [5.41, 5.74) is 12.5. The highest BCUT2D eigenvalue weighted by atomic mass is 15.0. The number of fused-ring (bicyclic) bond motifs is 6. The molecule has 2 heteroatoms. The van der Waals surface area contributed by atoms with Crippen molar-refractivity contribution in [3.8, 4) is 55.9 Å². The number of nitrogens with zero attached hydrogens (tertiary/aromatic N) is 2.